The van der Waals surface area contributed by atoms with Gasteiger partial charge in [-0.2, -0.15) is 0 Å². The van der Waals surface area contributed by atoms with E-state index in [0.29, 0.717) is 44.3 Å². The minimum atomic E-state index is -0.499. The SMILES string of the molecule is COc1cc2c(N3CCN(C(=O)OC(C)(C)C)CC3)ncnc2cc1OCCN1CCCCC1. The molecule has 4 rings (SSSR count). The standard InChI is InChI=1S/C25H37N5O4/c1-25(2,3)34-24(31)30-12-10-29(11-13-30)23-19-16-21(32-4)22(17-20(19)26-18-27-23)33-15-14-28-8-6-5-7-9-28/h16-18H,5-15H2,1-4H3. The van der Waals surface area contributed by atoms with Crippen molar-refractivity contribution in [2.45, 2.75) is 45.6 Å². The molecule has 0 atom stereocenters. The molecule has 3 heterocycles. The van der Waals surface area contributed by atoms with E-state index in [2.05, 4.69) is 19.8 Å². The van der Waals surface area contributed by atoms with Gasteiger partial charge in [-0.3, -0.25) is 4.90 Å². The van der Waals surface area contributed by atoms with Crippen molar-refractivity contribution < 1.29 is 19.0 Å². The van der Waals surface area contributed by atoms with Gasteiger partial charge in [-0.15, -0.1) is 0 Å². The minimum absolute atomic E-state index is 0.271. The topological polar surface area (TPSA) is 80.3 Å². The summed E-state index contributed by atoms with van der Waals surface area (Å²) in [5.74, 6) is 2.22. The number of anilines is 1. The molecule has 0 unspecified atom stereocenters. The summed E-state index contributed by atoms with van der Waals surface area (Å²) in [6.07, 6.45) is 5.18. The fraction of sp³-hybridized carbons (Fsp3) is 0.640. The zero-order chi connectivity index (χ0) is 24.1. The van der Waals surface area contributed by atoms with Crippen molar-refractivity contribution in [2.75, 3.05) is 64.4 Å². The maximum Gasteiger partial charge on any atom is 0.410 e. The lowest BCUT2D eigenvalue weighted by Crippen LogP contribution is -2.50. The van der Waals surface area contributed by atoms with Crippen molar-refractivity contribution in [3.8, 4) is 11.5 Å². The number of piperidine rings is 1. The zero-order valence-corrected chi connectivity index (χ0v) is 20.9. The van der Waals surface area contributed by atoms with Gasteiger partial charge in [0.2, 0.25) is 0 Å². The second-order valence-corrected chi connectivity index (χ2v) is 9.92. The number of carbonyl (C=O) groups is 1. The largest absolute Gasteiger partial charge is 0.493 e. The van der Waals surface area contributed by atoms with Gasteiger partial charge in [0, 0.05) is 44.2 Å². The van der Waals surface area contributed by atoms with Crippen LogP contribution in [0.15, 0.2) is 18.5 Å². The molecule has 1 amide bonds. The molecule has 2 aliphatic rings. The predicted octanol–water partition coefficient (Wildman–Crippen LogP) is 3.56. The number of methoxy groups -OCH3 is 1. The maximum atomic E-state index is 12.4. The second kappa shape index (κ2) is 10.6. The molecule has 0 spiro atoms. The molecule has 34 heavy (non-hydrogen) atoms. The summed E-state index contributed by atoms with van der Waals surface area (Å²) in [6, 6.07) is 3.90. The summed E-state index contributed by atoms with van der Waals surface area (Å²) < 4.78 is 17.3. The van der Waals surface area contributed by atoms with E-state index in [1.54, 1.807) is 18.3 Å². The quantitative estimate of drug-likeness (QED) is 0.633. The van der Waals surface area contributed by atoms with Gasteiger partial charge in [0.05, 0.1) is 12.6 Å². The van der Waals surface area contributed by atoms with E-state index in [9.17, 15) is 4.79 Å². The first-order valence-electron chi connectivity index (χ1n) is 12.2. The van der Waals surface area contributed by atoms with Crippen molar-refractivity contribution in [2.24, 2.45) is 0 Å². The third-order valence-electron chi connectivity index (χ3n) is 6.24. The molecule has 1 aromatic heterocycles. The molecule has 0 bridgehead atoms. The summed E-state index contributed by atoms with van der Waals surface area (Å²) in [6.45, 7) is 12.0. The zero-order valence-electron chi connectivity index (χ0n) is 20.9. The molecule has 0 N–H and O–H groups in total. The average molecular weight is 472 g/mol. The smallest absolute Gasteiger partial charge is 0.410 e. The van der Waals surface area contributed by atoms with E-state index in [-0.39, 0.29) is 6.09 Å². The molecule has 0 radical (unpaired) electrons. The Kier molecular flexibility index (Phi) is 7.60. The van der Waals surface area contributed by atoms with Gasteiger partial charge >= 0.3 is 6.09 Å². The first kappa shape index (κ1) is 24.3. The number of piperazine rings is 1. The van der Waals surface area contributed by atoms with Crippen molar-refractivity contribution in [3.63, 3.8) is 0 Å². The van der Waals surface area contributed by atoms with E-state index in [4.69, 9.17) is 14.2 Å². The number of rotatable bonds is 6. The van der Waals surface area contributed by atoms with Crippen LogP contribution in [0.4, 0.5) is 10.6 Å². The number of aromatic nitrogens is 2. The van der Waals surface area contributed by atoms with E-state index in [1.165, 1.54) is 19.3 Å². The predicted molar refractivity (Wildman–Crippen MR) is 132 cm³/mol. The number of carbonyl (C=O) groups excluding carboxylic acids is 1. The number of hydrogen-bond donors (Lipinski definition) is 0. The average Bonchev–Trinajstić information content (AvgIpc) is 2.83. The lowest BCUT2D eigenvalue weighted by molar-refractivity contribution is 0.0240. The van der Waals surface area contributed by atoms with Crippen molar-refractivity contribution >= 4 is 22.8 Å². The highest BCUT2D eigenvalue weighted by atomic mass is 16.6. The number of likely N-dealkylation sites (tertiary alicyclic amines) is 1. The molecule has 1 aromatic carbocycles. The Morgan fingerprint density at radius 2 is 1.71 bits per heavy atom. The van der Waals surface area contributed by atoms with Gasteiger partial charge in [-0.25, -0.2) is 14.8 Å². The number of benzene rings is 1. The van der Waals surface area contributed by atoms with Crippen LogP contribution in [0.25, 0.3) is 10.9 Å². The molecule has 186 valence electrons. The number of ether oxygens (including phenoxy) is 3. The molecule has 0 saturated carbocycles. The van der Waals surface area contributed by atoms with E-state index < -0.39 is 5.60 Å². The third kappa shape index (κ3) is 6.00. The molecule has 9 nitrogen and oxygen atoms in total. The van der Waals surface area contributed by atoms with Crippen LogP contribution in [0, 0.1) is 0 Å². The van der Waals surface area contributed by atoms with Crippen LogP contribution >= 0.6 is 0 Å². The Hall–Kier alpha value is -2.81. The molecule has 2 aromatic rings. The summed E-state index contributed by atoms with van der Waals surface area (Å²) in [7, 11) is 1.65. The second-order valence-electron chi connectivity index (χ2n) is 9.92. The van der Waals surface area contributed by atoms with Gasteiger partial charge in [0.25, 0.3) is 0 Å². The van der Waals surface area contributed by atoms with Crippen LogP contribution in [0.2, 0.25) is 0 Å². The minimum Gasteiger partial charge on any atom is -0.493 e. The summed E-state index contributed by atoms with van der Waals surface area (Å²) >= 11 is 0. The van der Waals surface area contributed by atoms with Crippen molar-refractivity contribution in [1.82, 2.24) is 19.8 Å². The first-order valence-corrected chi connectivity index (χ1v) is 12.2. The van der Waals surface area contributed by atoms with Gasteiger partial charge < -0.3 is 24.0 Å². The van der Waals surface area contributed by atoms with E-state index in [1.807, 2.05) is 32.9 Å². The molecule has 2 aliphatic heterocycles. The van der Waals surface area contributed by atoms with Crippen LogP contribution in [-0.4, -0.2) is 91.0 Å². The summed E-state index contributed by atoms with van der Waals surface area (Å²) in [4.78, 5) is 27.8. The van der Waals surface area contributed by atoms with E-state index in [0.717, 1.165) is 36.4 Å². The van der Waals surface area contributed by atoms with Crippen LogP contribution in [-0.2, 0) is 4.74 Å². The van der Waals surface area contributed by atoms with Crippen molar-refractivity contribution in [1.29, 1.82) is 0 Å². The fourth-order valence-corrected chi connectivity index (χ4v) is 4.47. The highest BCUT2D eigenvalue weighted by molar-refractivity contribution is 5.92. The highest BCUT2D eigenvalue weighted by Gasteiger charge is 2.27. The summed E-state index contributed by atoms with van der Waals surface area (Å²) in [5.41, 5.74) is 0.314. The Labute approximate surface area is 202 Å². The Morgan fingerprint density at radius 3 is 2.38 bits per heavy atom. The lowest BCUT2D eigenvalue weighted by atomic mass is 10.1. The number of fused-ring (bicyclic) bond motifs is 1. The van der Waals surface area contributed by atoms with Gasteiger partial charge in [-0.05, 0) is 52.8 Å². The Balaban J connectivity index is 1.44. The highest BCUT2D eigenvalue weighted by Crippen LogP contribution is 2.35. The third-order valence-corrected chi connectivity index (χ3v) is 6.24. The Morgan fingerprint density at radius 1 is 0.971 bits per heavy atom. The van der Waals surface area contributed by atoms with Gasteiger partial charge in [0.1, 0.15) is 24.4 Å². The number of amides is 1. The van der Waals surface area contributed by atoms with Crippen LogP contribution < -0.4 is 14.4 Å². The molecule has 2 fully saturated rings. The Bertz CT molecular complexity index is 979. The van der Waals surface area contributed by atoms with Gasteiger partial charge in [0.15, 0.2) is 11.5 Å². The van der Waals surface area contributed by atoms with Crippen LogP contribution in [0.1, 0.15) is 40.0 Å². The molecular formula is C25H37N5O4. The maximum absolute atomic E-state index is 12.4. The van der Waals surface area contributed by atoms with E-state index >= 15 is 0 Å². The molecule has 9 heteroatoms. The van der Waals surface area contributed by atoms with Crippen LogP contribution in [0.3, 0.4) is 0 Å². The monoisotopic (exact) mass is 471 g/mol. The number of hydrogen-bond acceptors (Lipinski definition) is 8. The number of nitrogens with zero attached hydrogens (tertiary/aromatic N) is 5. The molecule has 0 aliphatic carbocycles. The summed E-state index contributed by atoms with van der Waals surface area (Å²) in [5, 5.41) is 0.911. The lowest BCUT2D eigenvalue weighted by Gasteiger charge is -2.36. The van der Waals surface area contributed by atoms with Crippen LogP contribution in [0.5, 0.6) is 11.5 Å². The molecule has 2 saturated heterocycles. The first-order chi connectivity index (χ1) is 16.3. The fourth-order valence-electron chi connectivity index (χ4n) is 4.47. The van der Waals surface area contributed by atoms with Gasteiger partial charge in [-0.1, -0.05) is 6.42 Å². The normalized spacial score (nSPS) is 17.6. The van der Waals surface area contributed by atoms with Crippen molar-refractivity contribution in [3.05, 3.63) is 18.5 Å². The molecular weight excluding hydrogens is 434 g/mol.